The molecule has 0 spiro atoms. The minimum absolute atomic E-state index is 0.000379. The third-order valence-electron chi connectivity index (χ3n) is 11.2. The van der Waals surface area contributed by atoms with Gasteiger partial charge in [-0.3, -0.25) is 34.5 Å². The quantitative estimate of drug-likeness (QED) is 0.120. The monoisotopic (exact) mass is 798 g/mol. The summed E-state index contributed by atoms with van der Waals surface area (Å²) in [5.74, 6) is -1.47. The van der Waals surface area contributed by atoms with Crippen LogP contribution < -0.4 is 0 Å². The van der Waals surface area contributed by atoms with Gasteiger partial charge in [0.2, 0.25) is 0 Å². The van der Waals surface area contributed by atoms with Gasteiger partial charge < -0.3 is 0 Å². The fourth-order valence-electron chi connectivity index (χ4n) is 8.04. The average molecular weight is 799 g/mol. The smallest absolute Gasteiger partial charge is 0.255 e. The Bertz CT molecular complexity index is 3670. The van der Waals surface area contributed by atoms with Gasteiger partial charge in [-0.1, -0.05) is 84.9 Å². The lowest BCUT2D eigenvalue weighted by Crippen LogP contribution is -2.25. The van der Waals surface area contributed by atoms with Crippen molar-refractivity contribution in [2.75, 3.05) is 0 Å². The molecule has 12 heteroatoms. The van der Waals surface area contributed by atoms with Gasteiger partial charge in [0.1, 0.15) is 33.8 Å². The topological polar surface area (TPSA) is 163 Å². The summed E-state index contributed by atoms with van der Waals surface area (Å²) in [6.45, 7) is 0. The maximum Gasteiger partial charge on any atom is 0.255 e. The summed E-state index contributed by atoms with van der Waals surface area (Å²) in [6.07, 6.45) is 13.4. The third kappa shape index (κ3) is 5.77. The second-order valence-corrected chi connectivity index (χ2v) is 14.9. The Kier molecular flexibility index (Phi) is 7.84. The lowest BCUT2D eigenvalue weighted by molar-refractivity contribution is 0.0808. The SMILES string of the molecule is O=C1C(=O)c2nc(-c3ccc(-c4ccc(-c5cnc6c(ccc7cc(-c8ccc(-c9cnc%10c(ccc%11nccnc%11%10)n9)cc8)cnc76)c5)cc4)cc3)cnc2-c2nccnc21. The molecule has 0 atom stereocenters. The first-order valence-electron chi connectivity index (χ1n) is 19.7. The van der Waals surface area contributed by atoms with Gasteiger partial charge in [-0.05, 0) is 46.5 Å². The molecule has 0 saturated heterocycles. The normalized spacial score (nSPS) is 12.3. The molecule has 6 aromatic heterocycles. The molecule has 62 heavy (non-hydrogen) atoms. The zero-order valence-corrected chi connectivity index (χ0v) is 32.3. The molecule has 11 aromatic rings. The highest BCUT2D eigenvalue weighted by Gasteiger charge is 2.35. The van der Waals surface area contributed by atoms with E-state index in [2.05, 4.69) is 108 Å². The average Bonchev–Trinajstić information content (AvgIpc) is 3.35. The second-order valence-electron chi connectivity index (χ2n) is 14.9. The van der Waals surface area contributed by atoms with Gasteiger partial charge in [0.25, 0.3) is 11.6 Å². The Morgan fingerprint density at radius 3 is 1.35 bits per heavy atom. The highest BCUT2D eigenvalue weighted by Crippen LogP contribution is 2.34. The van der Waals surface area contributed by atoms with Crippen LogP contribution in [0.2, 0.25) is 0 Å². The Labute approximate surface area is 351 Å². The van der Waals surface area contributed by atoms with E-state index in [0.717, 1.165) is 94.1 Å². The maximum absolute atomic E-state index is 12.9. The molecule has 1 aliphatic carbocycles. The van der Waals surface area contributed by atoms with Crippen LogP contribution in [0.3, 0.4) is 0 Å². The van der Waals surface area contributed by atoms with Gasteiger partial charge in [-0.15, -0.1) is 0 Å². The summed E-state index contributed by atoms with van der Waals surface area (Å²) >= 11 is 0. The molecule has 0 saturated carbocycles. The van der Waals surface area contributed by atoms with Gasteiger partial charge in [0, 0.05) is 70.2 Å². The van der Waals surface area contributed by atoms with E-state index in [-0.39, 0.29) is 22.8 Å². The Hall–Kier alpha value is -8.90. The van der Waals surface area contributed by atoms with Crippen molar-refractivity contribution in [3.8, 4) is 67.3 Å². The molecule has 0 N–H and O–H groups in total. The maximum atomic E-state index is 12.9. The summed E-state index contributed by atoms with van der Waals surface area (Å²) in [5.41, 5.74) is 14.4. The Balaban J connectivity index is 0.764. The fraction of sp³-hybridized carbons (Fsp3) is 0. The molecule has 0 aliphatic heterocycles. The molecule has 0 fully saturated rings. The molecule has 0 amide bonds. The van der Waals surface area contributed by atoms with Gasteiger partial charge in [-0.25, -0.2) is 24.9 Å². The number of carbonyl (C=O) groups is 2. The number of pyridine rings is 2. The van der Waals surface area contributed by atoms with E-state index in [0.29, 0.717) is 5.69 Å². The first-order valence-corrected chi connectivity index (χ1v) is 19.7. The Morgan fingerprint density at radius 1 is 0.290 bits per heavy atom. The standard InChI is InChI=1S/C50H26N10O2/c61-49-47-45(53-19-20-54-47)46-48(50(49)62)60-40(26-58-46)32-9-5-28(6-10-32)27-1-3-29(4-2-27)35-21-33-13-14-34-22-36(24-56-42(34)41(33)55-23-35)30-7-11-31(12-8-30)39-25-57-44-38(59-39)16-15-37-43(44)52-18-17-51-37/h1-26H. The lowest BCUT2D eigenvalue weighted by Gasteiger charge is -2.14. The van der Waals surface area contributed by atoms with Gasteiger partial charge in [-0.2, -0.15) is 0 Å². The van der Waals surface area contributed by atoms with E-state index in [4.69, 9.17) is 15.0 Å². The van der Waals surface area contributed by atoms with E-state index >= 15 is 0 Å². The fourth-order valence-corrected chi connectivity index (χ4v) is 8.04. The summed E-state index contributed by atoms with van der Waals surface area (Å²) in [4.78, 5) is 70.9. The van der Waals surface area contributed by atoms with Gasteiger partial charge >= 0.3 is 0 Å². The zero-order valence-electron chi connectivity index (χ0n) is 32.3. The van der Waals surface area contributed by atoms with E-state index in [1.807, 2.05) is 48.8 Å². The Morgan fingerprint density at radius 2 is 0.726 bits per heavy atom. The predicted molar refractivity (Wildman–Crippen MR) is 236 cm³/mol. The molecule has 1 aliphatic rings. The van der Waals surface area contributed by atoms with Crippen molar-refractivity contribution in [3.63, 3.8) is 0 Å². The molecular formula is C50H26N10O2. The minimum Gasteiger partial charge on any atom is -0.283 e. The van der Waals surface area contributed by atoms with Crippen molar-refractivity contribution in [2.24, 2.45) is 0 Å². The number of fused-ring (bicyclic) bond motifs is 9. The summed E-state index contributed by atoms with van der Waals surface area (Å²) < 4.78 is 0. The third-order valence-corrected chi connectivity index (χ3v) is 11.2. The predicted octanol–water partition coefficient (Wildman–Crippen LogP) is 9.63. The lowest BCUT2D eigenvalue weighted by atomic mass is 9.97. The van der Waals surface area contributed by atoms with Crippen LogP contribution >= 0.6 is 0 Å². The molecule has 0 unspecified atom stereocenters. The van der Waals surface area contributed by atoms with Crippen LogP contribution in [0.5, 0.6) is 0 Å². The number of nitrogens with zero attached hydrogens (tertiary/aromatic N) is 10. The zero-order chi connectivity index (χ0) is 41.3. The van der Waals surface area contributed by atoms with Crippen LogP contribution in [-0.2, 0) is 0 Å². The van der Waals surface area contributed by atoms with Crippen molar-refractivity contribution in [1.82, 2.24) is 49.8 Å². The van der Waals surface area contributed by atoms with Crippen LogP contribution in [0.25, 0.3) is 111 Å². The highest BCUT2D eigenvalue weighted by atomic mass is 16.2. The van der Waals surface area contributed by atoms with E-state index in [1.54, 1.807) is 24.8 Å². The van der Waals surface area contributed by atoms with Crippen molar-refractivity contribution in [1.29, 1.82) is 0 Å². The van der Waals surface area contributed by atoms with Gasteiger partial charge in [0.15, 0.2) is 0 Å². The summed E-state index contributed by atoms with van der Waals surface area (Å²) in [5, 5.41) is 2.01. The molecule has 288 valence electrons. The number of ketones is 2. The second kappa shape index (κ2) is 13.9. The molecule has 6 heterocycles. The van der Waals surface area contributed by atoms with Crippen LogP contribution in [0.4, 0.5) is 0 Å². The van der Waals surface area contributed by atoms with E-state index < -0.39 is 11.6 Å². The van der Waals surface area contributed by atoms with Crippen LogP contribution in [0, 0.1) is 0 Å². The number of Topliss-reactive ketones (excluding diaryl/α,β-unsaturated/α-hetero) is 2. The summed E-state index contributed by atoms with van der Waals surface area (Å²) in [6, 6.07) is 36.8. The van der Waals surface area contributed by atoms with Crippen LogP contribution in [-0.4, -0.2) is 61.4 Å². The largest absolute Gasteiger partial charge is 0.283 e. The van der Waals surface area contributed by atoms with Crippen molar-refractivity contribution >= 4 is 55.4 Å². The molecule has 12 nitrogen and oxygen atoms in total. The van der Waals surface area contributed by atoms with E-state index in [1.165, 1.54) is 12.4 Å². The molecular weight excluding hydrogens is 773 g/mol. The number of rotatable bonds is 5. The van der Waals surface area contributed by atoms with Crippen molar-refractivity contribution in [3.05, 3.63) is 170 Å². The first kappa shape index (κ1) is 35.1. The number of hydrogen-bond donors (Lipinski definition) is 0. The van der Waals surface area contributed by atoms with E-state index in [9.17, 15) is 9.59 Å². The molecule has 0 radical (unpaired) electrons. The highest BCUT2D eigenvalue weighted by molar-refractivity contribution is 6.51. The van der Waals surface area contributed by atoms with Crippen LogP contribution in [0.15, 0.2) is 159 Å². The number of benzene rings is 5. The number of hydrogen-bond acceptors (Lipinski definition) is 12. The molecule has 0 bridgehead atoms. The molecule has 5 aromatic carbocycles. The number of carbonyl (C=O) groups excluding carboxylic acids is 2. The first-order chi connectivity index (χ1) is 30.5. The number of aromatic nitrogens is 10. The van der Waals surface area contributed by atoms with Crippen molar-refractivity contribution < 1.29 is 9.59 Å². The summed E-state index contributed by atoms with van der Waals surface area (Å²) in [7, 11) is 0. The van der Waals surface area contributed by atoms with Crippen molar-refractivity contribution in [2.45, 2.75) is 0 Å². The molecule has 12 rings (SSSR count). The van der Waals surface area contributed by atoms with Gasteiger partial charge in [0.05, 0.1) is 45.8 Å². The van der Waals surface area contributed by atoms with Crippen LogP contribution in [0.1, 0.15) is 21.0 Å². The minimum atomic E-state index is -0.737.